The van der Waals surface area contributed by atoms with E-state index >= 15 is 0 Å². The van der Waals surface area contributed by atoms with E-state index in [9.17, 15) is 0 Å². The Morgan fingerprint density at radius 3 is 2.89 bits per heavy atom. The molecule has 0 aliphatic carbocycles. The standard InChI is InChI=1S/C7H5N2/c8-5-6-3-1-2-4-7(6)9/h1-3H,9H2. The first kappa shape index (κ1) is 5.64. The van der Waals surface area contributed by atoms with Crippen molar-refractivity contribution < 1.29 is 0 Å². The predicted octanol–water partition coefficient (Wildman–Crippen LogP) is 0.941. The van der Waals surface area contributed by atoms with Gasteiger partial charge in [0, 0.05) is 6.07 Å². The van der Waals surface area contributed by atoms with E-state index in [0.717, 1.165) is 0 Å². The molecule has 0 fully saturated rings. The molecule has 0 aliphatic rings. The molecule has 1 rings (SSSR count). The molecule has 0 bridgehead atoms. The van der Waals surface area contributed by atoms with Crippen LogP contribution in [0.15, 0.2) is 18.2 Å². The third-order valence-corrected chi connectivity index (χ3v) is 1.01. The lowest BCUT2D eigenvalue weighted by Gasteiger charge is -1.90. The van der Waals surface area contributed by atoms with Crippen molar-refractivity contribution in [2.45, 2.75) is 0 Å². The fraction of sp³-hybridized carbons (Fsp3) is 0. The first-order valence-corrected chi connectivity index (χ1v) is 2.51. The van der Waals surface area contributed by atoms with Crippen LogP contribution in [-0.2, 0) is 0 Å². The zero-order valence-electron chi connectivity index (χ0n) is 4.76. The van der Waals surface area contributed by atoms with E-state index in [1.54, 1.807) is 18.2 Å². The molecule has 43 valence electrons. The van der Waals surface area contributed by atoms with Gasteiger partial charge in [0.05, 0.1) is 11.3 Å². The summed E-state index contributed by atoms with van der Waals surface area (Å²) in [5.74, 6) is 0. The number of para-hydroxylation sites is 1. The lowest BCUT2D eigenvalue weighted by Crippen LogP contribution is -1.87. The fourth-order valence-electron chi connectivity index (χ4n) is 0.547. The van der Waals surface area contributed by atoms with Gasteiger partial charge in [-0.05, 0) is 6.07 Å². The summed E-state index contributed by atoms with van der Waals surface area (Å²) in [4.78, 5) is 0. The van der Waals surface area contributed by atoms with E-state index in [2.05, 4.69) is 6.07 Å². The molecular weight excluding hydrogens is 112 g/mol. The van der Waals surface area contributed by atoms with Gasteiger partial charge < -0.3 is 5.73 Å². The summed E-state index contributed by atoms with van der Waals surface area (Å²) in [7, 11) is 0. The molecule has 0 amide bonds. The minimum absolute atomic E-state index is 0.417. The number of nitrogen functional groups attached to an aromatic ring is 1. The van der Waals surface area contributed by atoms with Gasteiger partial charge in [0.1, 0.15) is 6.07 Å². The minimum Gasteiger partial charge on any atom is -0.397 e. The summed E-state index contributed by atoms with van der Waals surface area (Å²) in [6, 6.07) is 9.71. The highest BCUT2D eigenvalue weighted by atomic mass is 14.6. The topological polar surface area (TPSA) is 49.8 Å². The SMILES string of the molecule is N#Cc1ccc[c]c1N. The number of hydrogen-bond acceptors (Lipinski definition) is 2. The Hall–Kier alpha value is -1.49. The number of rotatable bonds is 0. The first-order chi connectivity index (χ1) is 4.34. The Morgan fingerprint density at radius 2 is 2.44 bits per heavy atom. The number of nitriles is 1. The van der Waals surface area contributed by atoms with Crippen molar-refractivity contribution >= 4 is 5.69 Å². The molecule has 0 saturated carbocycles. The summed E-state index contributed by atoms with van der Waals surface area (Å²) in [6.45, 7) is 0. The summed E-state index contributed by atoms with van der Waals surface area (Å²) in [5, 5.41) is 8.37. The normalized spacial score (nSPS) is 8.33. The molecule has 0 unspecified atom stereocenters. The average molecular weight is 117 g/mol. The Bertz CT molecular complexity index is 247. The molecule has 1 aromatic carbocycles. The number of hydrogen-bond donors (Lipinski definition) is 1. The van der Waals surface area contributed by atoms with Crippen LogP contribution in [0, 0.1) is 17.4 Å². The maximum absolute atomic E-state index is 8.37. The molecule has 9 heavy (non-hydrogen) atoms. The van der Waals surface area contributed by atoms with Gasteiger partial charge in [-0.2, -0.15) is 5.26 Å². The van der Waals surface area contributed by atoms with Gasteiger partial charge in [-0.15, -0.1) is 0 Å². The molecule has 0 saturated heterocycles. The third-order valence-electron chi connectivity index (χ3n) is 1.01. The van der Waals surface area contributed by atoms with Crippen molar-refractivity contribution in [3.05, 3.63) is 29.8 Å². The van der Waals surface area contributed by atoms with E-state index in [1.807, 2.05) is 6.07 Å². The molecule has 2 heteroatoms. The van der Waals surface area contributed by atoms with Crippen molar-refractivity contribution in [3.63, 3.8) is 0 Å². The number of nitrogens with zero attached hydrogens (tertiary/aromatic N) is 1. The van der Waals surface area contributed by atoms with Gasteiger partial charge in [-0.25, -0.2) is 0 Å². The zero-order valence-corrected chi connectivity index (χ0v) is 4.76. The Labute approximate surface area is 53.5 Å². The highest BCUT2D eigenvalue weighted by Gasteiger charge is 1.91. The molecule has 2 nitrogen and oxygen atoms in total. The van der Waals surface area contributed by atoms with E-state index in [0.29, 0.717) is 11.3 Å². The van der Waals surface area contributed by atoms with Crippen LogP contribution >= 0.6 is 0 Å². The van der Waals surface area contributed by atoms with Crippen molar-refractivity contribution in [1.82, 2.24) is 0 Å². The Balaban J connectivity index is 3.20. The number of nitrogens with two attached hydrogens (primary N) is 1. The van der Waals surface area contributed by atoms with Gasteiger partial charge >= 0.3 is 0 Å². The Morgan fingerprint density at radius 1 is 1.67 bits per heavy atom. The van der Waals surface area contributed by atoms with Crippen molar-refractivity contribution in [3.8, 4) is 6.07 Å². The quantitative estimate of drug-likeness (QED) is 0.514. The highest BCUT2D eigenvalue weighted by molar-refractivity contribution is 5.52. The van der Waals surface area contributed by atoms with Crippen LogP contribution in [-0.4, -0.2) is 0 Å². The summed E-state index contributed by atoms with van der Waals surface area (Å²) >= 11 is 0. The summed E-state index contributed by atoms with van der Waals surface area (Å²) < 4.78 is 0. The van der Waals surface area contributed by atoms with Crippen LogP contribution in [0.3, 0.4) is 0 Å². The second kappa shape index (κ2) is 2.19. The van der Waals surface area contributed by atoms with Crippen LogP contribution in [0.1, 0.15) is 5.56 Å². The fourth-order valence-corrected chi connectivity index (χ4v) is 0.547. The molecule has 0 heterocycles. The van der Waals surface area contributed by atoms with Crippen LogP contribution in [0.25, 0.3) is 0 Å². The van der Waals surface area contributed by atoms with Crippen LogP contribution in [0.4, 0.5) is 5.69 Å². The second-order valence-corrected chi connectivity index (χ2v) is 1.61. The van der Waals surface area contributed by atoms with Gasteiger partial charge in [0.25, 0.3) is 0 Å². The zero-order chi connectivity index (χ0) is 6.69. The van der Waals surface area contributed by atoms with Crippen molar-refractivity contribution in [2.24, 2.45) is 0 Å². The molecule has 0 spiro atoms. The summed E-state index contributed by atoms with van der Waals surface area (Å²) in [5.41, 5.74) is 6.25. The van der Waals surface area contributed by atoms with E-state index in [4.69, 9.17) is 11.0 Å². The molecule has 0 aliphatic heterocycles. The predicted molar refractivity (Wildman–Crippen MR) is 34.4 cm³/mol. The molecule has 0 atom stereocenters. The smallest absolute Gasteiger partial charge is 0.101 e. The maximum atomic E-state index is 8.37. The molecule has 1 aromatic rings. The maximum Gasteiger partial charge on any atom is 0.101 e. The molecule has 2 N–H and O–H groups in total. The van der Waals surface area contributed by atoms with Gasteiger partial charge in [-0.3, -0.25) is 0 Å². The number of benzene rings is 1. The molecular formula is C7H5N2. The largest absolute Gasteiger partial charge is 0.397 e. The molecule has 1 radical (unpaired) electrons. The van der Waals surface area contributed by atoms with Crippen LogP contribution in [0.5, 0.6) is 0 Å². The third kappa shape index (κ3) is 1.000. The van der Waals surface area contributed by atoms with Gasteiger partial charge in [0.15, 0.2) is 0 Å². The highest BCUT2D eigenvalue weighted by Crippen LogP contribution is 2.06. The average Bonchev–Trinajstić information content (AvgIpc) is 1.89. The van der Waals surface area contributed by atoms with Crippen molar-refractivity contribution in [2.75, 3.05) is 5.73 Å². The van der Waals surface area contributed by atoms with E-state index < -0.39 is 0 Å². The van der Waals surface area contributed by atoms with E-state index in [-0.39, 0.29) is 0 Å². The van der Waals surface area contributed by atoms with Crippen molar-refractivity contribution in [1.29, 1.82) is 5.26 Å². The number of anilines is 1. The van der Waals surface area contributed by atoms with Crippen LogP contribution < -0.4 is 5.73 Å². The lowest BCUT2D eigenvalue weighted by molar-refractivity contribution is 1.48. The van der Waals surface area contributed by atoms with E-state index in [1.165, 1.54) is 0 Å². The second-order valence-electron chi connectivity index (χ2n) is 1.61. The summed E-state index contributed by atoms with van der Waals surface area (Å²) in [6.07, 6.45) is 0. The Kier molecular flexibility index (Phi) is 1.37. The monoisotopic (exact) mass is 117 g/mol. The molecule has 0 aromatic heterocycles. The van der Waals surface area contributed by atoms with Crippen LogP contribution in [0.2, 0.25) is 0 Å². The first-order valence-electron chi connectivity index (χ1n) is 2.51. The van der Waals surface area contributed by atoms with Gasteiger partial charge in [-0.1, -0.05) is 12.1 Å². The lowest BCUT2D eigenvalue weighted by atomic mass is 10.2. The minimum atomic E-state index is 0.417. The van der Waals surface area contributed by atoms with Gasteiger partial charge in [0.2, 0.25) is 0 Å².